The molecule has 4 nitrogen and oxygen atoms in total. The van der Waals surface area contributed by atoms with E-state index in [2.05, 4.69) is 34.1 Å². The van der Waals surface area contributed by atoms with Gasteiger partial charge in [-0.25, -0.2) is 0 Å². The molecule has 26 heavy (non-hydrogen) atoms. The van der Waals surface area contributed by atoms with Gasteiger partial charge in [0.05, 0.1) is 17.1 Å². The molecule has 0 saturated heterocycles. The highest BCUT2D eigenvalue weighted by Crippen LogP contribution is 2.29. The number of hydrogen-bond donors (Lipinski definition) is 0. The highest BCUT2D eigenvalue weighted by Gasteiger charge is 2.21. The lowest BCUT2D eigenvalue weighted by Gasteiger charge is -2.21. The maximum Gasteiger partial charge on any atom is 0.264 e. The molecule has 0 radical (unpaired) electrons. The second-order valence-corrected chi connectivity index (χ2v) is 9.27. The van der Waals surface area contributed by atoms with Gasteiger partial charge in [0.15, 0.2) is 0 Å². The van der Waals surface area contributed by atoms with Crippen LogP contribution in [-0.4, -0.2) is 27.1 Å². The Hall–Kier alpha value is -1.96. The van der Waals surface area contributed by atoms with Crippen LogP contribution in [0.4, 0.5) is 0 Å². The van der Waals surface area contributed by atoms with Crippen molar-refractivity contribution in [2.75, 3.05) is 6.54 Å². The van der Waals surface area contributed by atoms with Crippen LogP contribution in [0.1, 0.15) is 25.1 Å². The van der Waals surface area contributed by atoms with Gasteiger partial charge in [0.2, 0.25) is 0 Å². The summed E-state index contributed by atoms with van der Waals surface area (Å²) in [5.74, 6) is 0.107. The van der Waals surface area contributed by atoms with Crippen LogP contribution in [0.2, 0.25) is 0 Å². The minimum atomic E-state index is 0.107. The van der Waals surface area contributed by atoms with E-state index in [-0.39, 0.29) is 5.91 Å². The van der Waals surface area contributed by atoms with Crippen LogP contribution in [0, 0.1) is 6.92 Å². The third kappa shape index (κ3) is 3.47. The number of nitrogens with zero attached hydrogens (tertiary/aromatic N) is 3. The fourth-order valence-corrected chi connectivity index (χ4v) is 5.52. The molecule has 134 valence electrons. The van der Waals surface area contributed by atoms with Gasteiger partial charge in [-0.3, -0.25) is 9.48 Å². The van der Waals surface area contributed by atoms with Crippen molar-refractivity contribution in [3.05, 3.63) is 61.4 Å². The predicted octanol–water partition coefficient (Wildman–Crippen LogP) is 4.95. The Balaban J connectivity index is 1.59. The predicted molar refractivity (Wildman–Crippen MR) is 110 cm³/mol. The van der Waals surface area contributed by atoms with Gasteiger partial charge in [-0.05, 0) is 42.3 Å². The number of thiophene rings is 3. The van der Waals surface area contributed by atoms with E-state index in [1.54, 1.807) is 22.7 Å². The Morgan fingerprint density at radius 3 is 2.58 bits per heavy atom. The molecule has 0 bridgehead atoms. The Labute approximate surface area is 164 Å². The first kappa shape index (κ1) is 17.5. The van der Waals surface area contributed by atoms with Gasteiger partial charge in [0.25, 0.3) is 5.91 Å². The van der Waals surface area contributed by atoms with Crippen LogP contribution < -0.4 is 0 Å². The van der Waals surface area contributed by atoms with Gasteiger partial charge in [-0.1, -0.05) is 12.1 Å². The van der Waals surface area contributed by atoms with Crippen LogP contribution in [0.3, 0.4) is 0 Å². The van der Waals surface area contributed by atoms with Crippen molar-refractivity contribution >= 4 is 50.1 Å². The van der Waals surface area contributed by atoms with Crippen LogP contribution in [0.15, 0.2) is 41.1 Å². The van der Waals surface area contributed by atoms with Crippen LogP contribution in [-0.2, 0) is 20.0 Å². The molecule has 0 aliphatic heterocycles. The lowest BCUT2D eigenvalue weighted by atomic mass is 10.2. The summed E-state index contributed by atoms with van der Waals surface area (Å²) in [5.41, 5.74) is 0.973. The fraction of sp³-hybridized carbons (Fsp3) is 0.263. The SMILES string of the molecule is Cc1nn(C)c2sc(C(=O)N(CCc3cccs3)Cc3cccs3)cc12. The van der Waals surface area contributed by atoms with E-state index in [9.17, 15) is 4.79 Å². The van der Waals surface area contributed by atoms with E-state index in [0.29, 0.717) is 6.54 Å². The number of hydrogen-bond acceptors (Lipinski definition) is 5. The van der Waals surface area contributed by atoms with Crippen molar-refractivity contribution in [2.24, 2.45) is 7.05 Å². The number of amides is 1. The molecule has 7 heteroatoms. The summed E-state index contributed by atoms with van der Waals surface area (Å²) in [6.07, 6.45) is 0.889. The Morgan fingerprint density at radius 2 is 1.92 bits per heavy atom. The number of fused-ring (bicyclic) bond motifs is 1. The quantitative estimate of drug-likeness (QED) is 0.458. The number of aromatic nitrogens is 2. The third-order valence-corrected chi connectivity index (χ3v) is 7.32. The van der Waals surface area contributed by atoms with Gasteiger partial charge in [0, 0.05) is 28.7 Å². The standard InChI is InChI=1S/C19H19N3OS3/c1-13-16-11-17(26-19(16)21(2)20-13)18(23)22(12-15-6-4-10-25-15)8-7-14-5-3-9-24-14/h3-6,9-11H,7-8,12H2,1-2H3. The van der Waals surface area contributed by atoms with Crippen molar-refractivity contribution in [1.29, 1.82) is 0 Å². The topological polar surface area (TPSA) is 38.1 Å². The minimum absolute atomic E-state index is 0.107. The average molecular weight is 402 g/mol. The summed E-state index contributed by atoms with van der Waals surface area (Å²) >= 11 is 4.97. The van der Waals surface area contributed by atoms with Crippen molar-refractivity contribution in [1.82, 2.24) is 14.7 Å². The summed E-state index contributed by atoms with van der Waals surface area (Å²) in [6.45, 7) is 3.37. The molecule has 4 rings (SSSR count). The molecule has 4 aromatic rings. The molecule has 0 N–H and O–H groups in total. The first-order valence-corrected chi connectivity index (χ1v) is 11.0. The van der Waals surface area contributed by atoms with E-state index in [0.717, 1.165) is 33.8 Å². The van der Waals surface area contributed by atoms with E-state index >= 15 is 0 Å². The van der Waals surface area contributed by atoms with Crippen LogP contribution >= 0.6 is 34.0 Å². The molecule has 0 aromatic carbocycles. The zero-order chi connectivity index (χ0) is 18.1. The monoisotopic (exact) mass is 401 g/mol. The van der Waals surface area contributed by atoms with Gasteiger partial charge in [-0.15, -0.1) is 34.0 Å². The lowest BCUT2D eigenvalue weighted by molar-refractivity contribution is 0.0752. The fourth-order valence-electron chi connectivity index (χ4n) is 3.01. The Kier molecular flexibility index (Phi) is 4.93. The third-order valence-electron chi connectivity index (χ3n) is 4.33. The summed E-state index contributed by atoms with van der Waals surface area (Å²) in [4.78, 5) is 19.6. The first-order valence-electron chi connectivity index (χ1n) is 8.39. The molecule has 4 heterocycles. The van der Waals surface area contributed by atoms with Crippen LogP contribution in [0.5, 0.6) is 0 Å². The highest BCUT2D eigenvalue weighted by molar-refractivity contribution is 7.20. The van der Waals surface area contributed by atoms with Gasteiger partial charge < -0.3 is 4.90 Å². The second-order valence-electron chi connectivity index (χ2n) is 6.17. The molecule has 0 unspecified atom stereocenters. The molecular formula is C19H19N3OS3. The summed E-state index contributed by atoms with van der Waals surface area (Å²) < 4.78 is 1.86. The van der Waals surface area contributed by atoms with Gasteiger partial charge in [0.1, 0.15) is 4.83 Å². The number of carbonyl (C=O) groups excluding carboxylic acids is 1. The number of aryl methyl sites for hydroxylation is 2. The summed E-state index contributed by atoms with van der Waals surface area (Å²) in [7, 11) is 1.93. The molecule has 0 fully saturated rings. The molecule has 0 atom stereocenters. The maximum absolute atomic E-state index is 13.2. The zero-order valence-corrected chi connectivity index (χ0v) is 17.1. The maximum atomic E-state index is 13.2. The summed E-state index contributed by atoms with van der Waals surface area (Å²) in [5, 5.41) is 9.66. The molecule has 0 spiro atoms. The molecular weight excluding hydrogens is 382 g/mol. The summed E-state index contributed by atoms with van der Waals surface area (Å²) in [6, 6.07) is 10.3. The highest BCUT2D eigenvalue weighted by atomic mass is 32.1. The minimum Gasteiger partial charge on any atom is -0.332 e. The molecule has 0 aliphatic carbocycles. The van der Waals surface area contributed by atoms with Crippen molar-refractivity contribution < 1.29 is 4.79 Å². The van der Waals surface area contributed by atoms with E-state index in [1.807, 2.05) is 35.7 Å². The van der Waals surface area contributed by atoms with Crippen molar-refractivity contribution in [3.8, 4) is 0 Å². The largest absolute Gasteiger partial charge is 0.332 e. The van der Waals surface area contributed by atoms with Crippen molar-refractivity contribution in [2.45, 2.75) is 19.9 Å². The first-order chi connectivity index (χ1) is 12.6. The van der Waals surface area contributed by atoms with E-state index < -0.39 is 0 Å². The zero-order valence-electron chi connectivity index (χ0n) is 14.6. The smallest absolute Gasteiger partial charge is 0.264 e. The number of carbonyl (C=O) groups is 1. The molecule has 4 aromatic heterocycles. The van der Waals surface area contributed by atoms with E-state index in [4.69, 9.17) is 0 Å². The van der Waals surface area contributed by atoms with E-state index in [1.165, 1.54) is 21.1 Å². The van der Waals surface area contributed by atoms with Gasteiger partial charge in [-0.2, -0.15) is 5.10 Å². The average Bonchev–Trinajstić information content (AvgIpc) is 3.40. The Bertz CT molecular complexity index is 978. The Morgan fingerprint density at radius 1 is 1.19 bits per heavy atom. The number of rotatable bonds is 6. The van der Waals surface area contributed by atoms with Gasteiger partial charge >= 0.3 is 0 Å². The second kappa shape index (κ2) is 7.34. The van der Waals surface area contributed by atoms with Crippen molar-refractivity contribution in [3.63, 3.8) is 0 Å². The lowest BCUT2D eigenvalue weighted by Crippen LogP contribution is -2.31. The molecule has 0 aliphatic rings. The van der Waals surface area contributed by atoms with Crippen LogP contribution in [0.25, 0.3) is 10.2 Å². The normalized spacial score (nSPS) is 11.3. The molecule has 0 saturated carbocycles. The molecule has 1 amide bonds.